The van der Waals surface area contributed by atoms with Crippen LogP contribution in [0.2, 0.25) is 0 Å². The Kier molecular flexibility index (Phi) is 4.70. The van der Waals surface area contributed by atoms with Gasteiger partial charge in [0.15, 0.2) is 0 Å². The van der Waals surface area contributed by atoms with E-state index in [1.54, 1.807) is 0 Å². The van der Waals surface area contributed by atoms with Gasteiger partial charge in [0.25, 0.3) is 0 Å². The van der Waals surface area contributed by atoms with E-state index in [-0.39, 0.29) is 12.4 Å². The van der Waals surface area contributed by atoms with Gasteiger partial charge in [-0.25, -0.2) is 8.42 Å². The van der Waals surface area contributed by atoms with Crippen molar-refractivity contribution in [2.24, 2.45) is 0 Å². The highest BCUT2D eigenvalue weighted by molar-refractivity contribution is 7.92. The highest BCUT2D eigenvalue weighted by Crippen LogP contribution is 2.42. The van der Waals surface area contributed by atoms with Gasteiger partial charge in [-0.2, -0.15) is 0 Å². The minimum Gasteiger partial charge on any atom is -0.376 e. The second-order valence-electron chi connectivity index (χ2n) is 5.18. The SMILES string of the molecule is O=S(=O)(CCOCc1ccccc1)Nc1nnc(C2CC2)s1. The number of benzene rings is 1. The van der Waals surface area contributed by atoms with Gasteiger partial charge in [0, 0.05) is 5.92 Å². The van der Waals surface area contributed by atoms with Crippen LogP contribution >= 0.6 is 11.3 Å². The molecule has 0 bridgehead atoms. The van der Waals surface area contributed by atoms with Crippen LogP contribution in [0.5, 0.6) is 0 Å². The number of nitrogens with one attached hydrogen (secondary N) is 1. The quantitative estimate of drug-likeness (QED) is 0.747. The summed E-state index contributed by atoms with van der Waals surface area (Å²) in [5, 5.41) is 9.14. The van der Waals surface area contributed by atoms with Crippen LogP contribution in [0.4, 0.5) is 5.13 Å². The largest absolute Gasteiger partial charge is 0.376 e. The number of hydrogen-bond acceptors (Lipinski definition) is 6. The van der Waals surface area contributed by atoms with E-state index in [4.69, 9.17) is 4.74 Å². The Balaban J connectivity index is 1.44. The summed E-state index contributed by atoms with van der Waals surface area (Å²) in [4.78, 5) is 0. The summed E-state index contributed by atoms with van der Waals surface area (Å²) in [5.74, 6) is 0.378. The zero-order chi connectivity index (χ0) is 15.4. The lowest BCUT2D eigenvalue weighted by Crippen LogP contribution is -2.20. The molecule has 1 N–H and O–H groups in total. The molecule has 1 saturated carbocycles. The van der Waals surface area contributed by atoms with E-state index in [0.29, 0.717) is 17.7 Å². The van der Waals surface area contributed by atoms with E-state index >= 15 is 0 Å². The maximum Gasteiger partial charge on any atom is 0.236 e. The van der Waals surface area contributed by atoms with Gasteiger partial charge in [0.05, 0.1) is 19.0 Å². The molecule has 0 unspecified atom stereocenters. The number of aromatic nitrogens is 2. The van der Waals surface area contributed by atoms with Gasteiger partial charge in [-0.1, -0.05) is 41.7 Å². The van der Waals surface area contributed by atoms with Crippen LogP contribution in [0, 0.1) is 0 Å². The van der Waals surface area contributed by atoms with E-state index in [0.717, 1.165) is 23.4 Å². The Hall–Kier alpha value is -1.51. The maximum atomic E-state index is 12.0. The molecule has 22 heavy (non-hydrogen) atoms. The summed E-state index contributed by atoms with van der Waals surface area (Å²) in [5.41, 5.74) is 1.02. The predicted molar refractivity (Wildman–Crippen MR) is 85.4 cm³/mol. The van der Waals surface area contributed by atoms with Gasteiger partial charge in [-0.05, 0) is 18.4 Å². The van der Waals surface area contributed by atoms with Gasteiger partial charge < -0.3 is 4.74 Å². The first-order valence-corrected chi connectivity index (χ1v) is 9.55. The highest BCUT2D eigenvalue weighted by atomic mass is 32.2. The Morgan fingerprint density at radius 3 is 2.73 bits per heavy atom. The summed E-state index contributed by atoms with van der Waals surface area (Å²) < 4.78 is 31.8. The molecular formula is C14H17N3O3S2. The summed E-state index contributed by atoms with van der Waals surface area (Å²) in [7, 11) is -3.45. The van der Waals surface area contributed by atoms with Crippen molar-refractivity contribution in [2.45, 2.75) is 25.4 Å². The summed E-state index contributed by atoms with van der Waals surface area (Å²) >= 11 is 1.31. The van der Waals surface area contributed by atoms with Crippen LogP contribution in [0.3, 0.4) is 0 Å². The topological polar surface area (TPSA) is 81.2 Å². The van der Waals surface area contributed by atoms with E-state index < -0.39 is 10.0 Å². The van der Waals surface area contributed by atoms with Crippen molar-refractivity contribution in [3.8, 4) is 0 Å². The average Bonchev–Trinajstić information content (AvgIpc) is 3.25. The Labute approximate surface area is 133 Å². The van der Waals surface area contributed by atoms with E-state index in [9.17, 15) is 8.42 Å². The molecule has 0 aliphatic heterocycles. The van der Waals surface area contributed by atoms with Crippen LogP contribution < -0.4 is 4.72 Å². The molecule has 0 atom stereocenters. The maximum absolute atomic E-state index is 12.0. The van der Waals surface area contributed by atoms with Gasteiger partial charge in [0.1, 0.15) is 5.01 Å². The molecule has 1 aliphatic rings. The summed E-state index contributed by atoms with van der Waals surface area (Å²) in [6.07, 6.45) is 2.24. The van der Waals surface area contributed by atoms with Crippen LogP contribution in [-0.2, 0) is 21.4 Å². The molecule has 0 radical (unpaired) electrons. The molecule has 2 aromatic rings. The lowest BCUT2D eigenvalue weighted by Gasteiger charge is -2.06. The normalized spacial score (nSPS) is 14.9. The van der Waals surface area contributed by atoms with Crippen molar-refractivity contribution in [2.75, 3.05) is 17.1 Å². The molecule has 1 aliphatic carbocycles. The molecular weight excluding hydrogens is 322 g/mol. The number of anilines is 1. The van der Waals surface area contributed by atoms with Crippen LogP contribution in [0.15, 0.2) is 30.3 Å². The fraction of sp³-hybridized carbons (Fsp3) is 0.429. The van der Waals surface area contributed by atoms with Gasteiger partial charge in [0.2, 0.25) is 15.2 Å². The lowest BCUT2D eigenvalue weighted by molar-refractivity contribution is 0.135. The third-order valence-corrected chi connectivity index (χ3v) is 5.56. The van der Waals surface area contributed by atoms with E-state index in [1.165, 1.54) is 11.3 Å². The molecule has 6 nitrogen and oxygen atoms in total. The number of sulfonamides is 1. The average molecular weight is 339 g/mol. The second kappa shape index (κ2) is 6.72. The summed E-state index contributed by atoms with van der Waals surface area (Å²) in [6.45, 7) is 0.541. The van der Waals surface area contributed by atoms with Gasteiger partial charge in [-0.15, -0.1) is 10.2 Å². The molecule has 0 amide bonds. The molecule has 3 rings (SSSR count). The van der Waals surface area contributed by atoms with Gasteiger partial charge >= 0.3 is 0 Å². The van der Waals surface area contributed by atoms with Crippen molar-refractivity contribution < 1.29 is 13.2 Å². The standard InChI is InChI=1S/C14H17N3O3S2/c18-22(19,9-8-20-10-11-4-2-1-3-5-11)17-14-16-15-13(21-14)12-6-7-12/h1-5,12H,6-10H2,(H,16,17). The molecule has 0 spiro atoms. The van der Waals surface area contributed by atoms with Crippen molar-refractivity contribution in [3.05, 3.63) is 40.9 Å². The van der Waals surface area contributed by atoms with E-state index in [1.807, 2.05) is 30.3 Å². The molecule has 118 valence electrons. The van der Waals surface area contributed by atoms with Crippen LogP contribution in [0.1, 0.15) is 29.3 Å². The number of nitrogens with zero attached hydrogens (tertiary/aromatic N) is 2. The fourth-order valence-electron chi connectivity index (χ4n) is 1.89. The zero-order valence-corrected chi connectivity index (χ0v) is 13.6. The second-order valence-corrected chi connectivity index (χ2v) is 8.03. The minimum absolute atomic E-state index is 0.0990. The molecule has 1 aromatic heterocycles. The van der Waals surface area contributed by atoms with Crippen LogP contribution in [0.25, 0.3) is 0 Å². The first kappa shape index (κ1) is 15.4. The Bertz CT molecular complexity index is 712. The Morgan fingerprint density at radius 1 is 1.23 bits per heavy atom. The third kappa shape index (κ3) is 4.49. The van der Waals surface area contributed by atoms with Crippen molar-refractivity contribution in [1.29, 1.82) is 0 Å². The third-order valence-electron chi connectivity index (χ3n) is 3.22. The number of rotatable bonds is 8. The van der Waals surface area contributed by atoms with E-state index in [2.05, 4.69) is 14.9 Å². The molecule has 1 fully saturated rings. The first-order chi connectivity index (χ1) is 10.6. The first-order valence-electron chi connectivity index (χ1n) is 7.08. The lowest BCUT2D eigenvalue weighted by atomic mass is 10.2. The monoisotopic (exact) mass is 339 g/mol. The molecule has 1 heterocycles. The molecule has 1 aromatic carbocycles. The fourth-order valence-corrected chi connectivity index (χ4v) is 3.95. The predicted octanol–water partition coefficient (Wildman–Crippen LogP) is 2.37. The van der Waals surface area contributed by atoms with Crippen LogP contribution in [-0.4, -0.2) is 31.0 Å². The van der Waals surface area contributed by atoms with Crippen molar-refractivity contribution in [1.82, 2.24) is 10.2 Å². The zero-order valence-electron chi connectivity index (χ0n) is 11.9. The minimum atomic E-state index is -3.45. The van der Waals surface area contributed by atoms with Gasteiger partial charge in [-0.3, -0.25) is 4.72 Å². The van der Waals surface area contributed by atoms with Crippen molar-refractivity contribution in [3.63, 3.8) is 0 Å². The smallest absolute Gasteiger partial charge is 0.236 e. The number of hydrogen-bond donors (Lipinski definition) is 1. The highest BCUT2D eigenvalue weighted by Gasteiger charge is 2.28. The molecule has 0 saturated heterocycles. The van der Waals surface area contributed by atoms with Crippen molar-refractivity contribution >= 4 is 26.5 Å². The molecule has 8 heteroatoms. The number of ether oxygens (including phenoxy) is 1. The Morgan fingerprint density at radius 2 is 2.00 bits per heavy atom. The summed E-state index contributed by atoms with van der Waals surface area (Å²) in [6, 6.07) is 9.64.